The Hall–Kier alpha value is -1.06. The second kappa shape index (κ2) is 4.64. The van der Waals surface area contributed by atoms with Crippen LogP contribution < -0.4 is 0 Å². The lowest BCUT2D eigenvalue weighted by molar-refractivity contribution is -0.147. The number of carboxylic acids is 1. The van der Waals surface area contributed by atoms with Crippen molar-refractivity contribution >= 4 is 11.9 Å². The van der Waals surface area contributed by atoms with Crippen LogP contribution in [-0.4, -0.2) is 35.0 Å². The van der Waals surface area contributed by atoms with E-state index in [4.69, 9.17) is 5.11 Å². The van der Waals surface area contributed by atoms with E-state index in [1.165, 1.54) is 4.90 Å². The minimum absolute atomic E-state index is 0.0363. The molecule has 4 heteroatoms. The molecule has 86 valence electrons. The largest absolute Gasteiger partial charge is 0.480 e. The van der Waals surface area contributed by atoms with Gasteiger partial charge in [0.2, 0.25) is 5.91 Å². The van der Waals surface area contributed by atoms with Gasteiger partial charge in [-0.05, 0) is 25.7 Å². The second-order valence-corrected chi connectivity index (χ2v) is 4.25. The molecule has 0 aromatic heterocycles. The predicted octanol–water partition coefficient (Wildman–Crippen LogP) is 1.50. The molecule has 0 saturated heterocycles. The van der Waals surface area contributed by atoms with Crippen molar-refractivity contribution in [1.82, 2.24) is 4.90 Å². The van der Waals surface area contributed by atoms with Crippen LogP contribution in [-0.2, 0) is 9.59 Å². The summed E-state index contributed by atoms with van der Waals surface area (Å²) >= 11 is 0. The van der Waals surface area contributed by atoms with Gasteiger partial charge in [-0.3, -0.25) is 9.59 Å². The van der Waals surface area contributed by atoms with Crippen molar-refractivity contribution in [2.45, 2.75) is 39.5 Å². The van der Waals surface area contributed by atoms with E-state index in [2.05, 4.69) is 0 Å². The third-order valence-corrected chi connectivity index (χ3v) is 3.09. The first-order chi connectivity index (χ1) is 7.05. The van der Waals surface area contributed by atoms with E-state index in [0.29, 0.717) is 6.54 Å². The average Bonchev–Trinajstić information content (AvgIpc) is 2.96. The van der Waals surface area contributed by atoms with E-state index < -0.39 is 5.97 Å². The number of rotatable bonds is 6. The van der Waals surface area contributed by atoms with Crippen LogP contribution in [0, 0.1) is 5.41 Å². The number of carbonyl (C=O) groups is 2. The van der Waals surface area contributed by atoms with Gasteiger partial charge in [-0.15, -0.1) is 0 Å². The molecular formula is C11H19NO3. The van der Waals surface area contributed by atoms with Crippen LogP contribution in [0.3, 0.4) is 0 Å². The van der Waals surface area contributed by atoms with Crippen LogP contribution in [0.25, 0.3) is 0 Å². The maximum Gasteiger partial charge on any atom is 0.323 e. The summed E-state index contributed by atoms with van der Waals surface area (Å²) in [5, 5.41) is 8.72. The van der Waals surface area contributed by atoms with E-state index in [1.807, 2.05) is 13.8 Å². The van der Waals surface area contributed by atoms with Crippen molar-refractivity contribution in [1.29, 1.82) is 0 Å². The van der Waals surface area contributed by atoms with Crippen LogP contribution in [0.5, 0.6) is 0 Å². The number of aliphatic carboxylic acids is 1. The molecule has 1 saturated carbocycles. The average molecular weight is 213 g/mol. The topological polar surface area (TPSA) is 57.6 Å². The van der Waals surface area contributed by atoms with Crippen LogP contribution in [0.4, 0.5) is 0 Å². The van der Waals surface area contributed by atoms with Gasteiger partial charge < -0.3 is 10.0 Å². The fourth-order valence-electron chi connectivity index (χ4n) is 1.89. The number of carboxylic acid groups (broad SMARTS) is 1. The Morgan fingerprint density at radius 3 is 2.27 bits per heavy atom. The van der Waals surface area contributed by atoms with Crippen LogP contribution >= 0.6 is 0 Å². The summed E-state index contributed by atoms with van der Waals surface area (Å²) in [5.41, 5.74) is -0.218. The molecule has 1 fully saturated rings. The highest BCUT2D eigenvalue weighted by atomic mass is 16.4. The highest BCUT2D eigenvalue weighted by Gasteiger charge is 2.49. The number of hydrogen-bond donors (Lipinski definition) is 1. The molecule has 15 heavy (non-hydrogen) atoms. The van der Waals surface area contributed by atoms with Crippen molar-refractivity contribution < 1.29 is 14.7 Å². The van der Waals surface area contributed by atoms with Gasteiger partial charge in [-0.1, -0.05) is 13.8 Å². The molecule has 0 aliphatic heterocycles. The summed E-state index contributed by atoms with van der Waals surface area (Å²) < 4.78 is 0. The molecule has 4 nitrogen and oxygen atoms in total. The lowest BCUT2D eigenvalue weighted by Crippen LogP contribution is -2.40. The monoisotopic (exact) mass is 213 g/mol. The fraction of sp³-hybridized carbons (Fsp3) is 0.818. The summed E-state index contributed by atoms with van der Waals surface area (Å²) in [5.74, 6) is -0.891. The normalized spacial score (nSPS) is 17.2. The van der Waals surface area contributed by atoms with E-state index in [9.17, 15) is 9.59 Å². The lowest BCUT2D eigenvalue weighted by atomic mass is 10.0. The van der Waals surface area contributed by atoms with Gasteiger partial charge in [-0.25, -0.2) is 0 Å². The predicted molar refractivity (Wildman–Crippen MR) is 56.5 cm³/mol. The number of hydrogen-bond acceptors (Lipinski definition) is 2. The molecule has 0 aromatic carbocycles. The minimum atomic E-state index is -0.927. The first-order valence-corrected chi connectivity index (χ1v) is 5.57. The summed E-state index contributed by atoms with van der Waals surface area (Å²) in [4.78, 5) is 24.2. The summed E-state index contributed by atoms with van der Waals surface area (Å²) in [7, 11) is 0. The third kappa shape index (κ3) is 2.70. The molecule has 0 bridgehead atoms. The molecule has 0 heterocycles. The molecule has 0 unspecified atom stereocenters. The summed E-state index contributed by atoms with van der Waals surface area (Å²) in [6.45, 7) is 4.34. The minimum Gasteiger partial charge on any atom is -0.480 e. The van der Waals surface area contributed by atoms with Crippen molar-refractivity contribution in [3.8, 4) is 0 Å². The SMILES string of the molecule is CCCN(CC(=O)O)C(=O)C1(CC)CC1. The molecule has 0 aromatic rings. The van der Waals surface area contributed by atoms with E-state index in [0.717, 1.165) is 25.7 Å². The Kier molecular flexibility index (Phi) is 3.72. The summed E-state index contributed by atoms with van der Waals surface area (Å²) in [6, 6.07) is 0. The zero-order valence-electron chi connectivity index (χ0n) is 9.45. The number of carbonyl (C=O) groups excluding carboxylic acids is 1. The Balaban J connectivity index is 2.62. The highest BCUT2D eigenvalue weighted by molar-refractivity contribution is 5.88. The molecule has 1 rings (SSSR count). The number of amides is 1. The van der Waals surface area contributed by atoms with Gasteiger partial charge >= 0.3 is 5.97 Å². The van der Waals surface area contributed by atoms with E-state index in [1.54, 1.807) is 0 Å². The Labute approximate surface area is 90.3 Å². The molecule has 1 aliphatic rings. The molecule has 0 spiro atoms. The Bertz CT molecular complexity index is 259. The van der Waals surface area contributed by atoms with Gasteiger partial charge in [0.25, 0.3) is 0 Å². The van der Waals surface area contributed by atoms with Crippen molar-refractivity contribution in [3.63, 3.8) is 0 Å². The van der Waals surface area contributed by atoms with Crippen LogP contribution in [0.2, 0.25) is 0 Å². The van der Waals surface area contributed by atoms with Crippen LogP contribution in [0.15, 0.2) is 0 Å². The zero-order chi connectivity index (χ0) is 11.5. The Morgan fingerprint density at radius 2 is 1.93 bits per heavy atom. The van der Waals surface area contributed by atoms with Gasteiger partial charge in [-0.2, -0.15) is 0 Å². The van der Waals surface area contributed by atoms with Crippen molar-refractivity contribution in [2.75, 3.05) is 13.1 Å². The zero-order valence-corrected chi connectivity index (χ0v) is 9.45. The lowest BCUT2D eigenvalue weighted by Gasteiger charge is -2.24. The molecule has 0 radical (unpaired) electrons. The quantitative estimate of drug-likeness (QED) is 0.727. The van der Waals surface area contributed by atoms with Crippen molar-refractivity contribution in [2.24, 2.45) is 5.41 Å². The maximum atomic E-state index is 12.0. The summed E-state index contributed by atoms with van der Waals surface area (Å²) in [6.07, 6.45) is 3.47. The van der Waals surface area contributed by atoms with Gasteiger partial charge in [0.05, 0.1) is 0 Å². The maximum absolute atomic E-state index is 12.0. The molecule has 1 N–H and O–H groups in total. The smallest absolute Gasteiger partial charge is 0.323 e. The van der Waals surface area contributed by atoms with E-state index in [-0.39, 0.29) is 17.9 Å². The highest BCUT2D eigenvalue weighted by Crippen LogP contribution is 2.50. The van der Waals surface area contributed by atoms with Crippen LogP contribution in [0.1, 0.15) is 39.5 Å². The van der Waals surface area contributed by atoms with E-state index >= 15 is 0 Å². The number of nitrogens with zero attached hydrogens (tertiary/aromatic N) is 1. The fourth-order valence-corrected chi connectivity index (χ4v) is 1.89. The van der Waals surface area contributed by atoms with Gasteiger partial charge in [0, 0.05) is 12.0 Å². The molecule has 0 atom stereocenters. The standard InChI is InChI=1S/C11H19NO3/c1-3-7-12(8-9(13)14)10(15)11(4-2)5-6-11/h3-8H2,1-2H3,(H,13,14). The molecule has 1 aliphatic carbocycles. The first kappa shape index (κ1) is 12.0. The third-order valence-electron chi connectivity index (χ3n) is 3.09. The molecular weight excluding hydrogens is 194 g/mol. The van der Waals surface area contributed by atoms with Crippen molar-refractivity contribution in [3.05, 3.63) is 0 Å². The molecule has 1 amide bonds. The Morgan fingerprint density at radius 1 is 1.33 bits per heavy atom. The van der Waals surface area contributed by atoms with Gasteiger partial charge in [0.15, 0.2) is 0 Å². The van der Waals surface area contributed by atoms with Gasteiger partial charge in [0.1, 0.15) is 6.54 Å². The first-order valence-electron chi connectivity index (χ1n) is 5.57. The second-order valence-electron chi connectivity index (χ2n) is 4.25.